The van der Waals surface area contributed by atoms with E-state index in [1.807, 2.05) is 0 Å². The fourth-order valence-electron chi connectivity index (χ4n) is 3.54. The first kappa shape index (κ1) is 16.2. The minimum Gasteiger partial charge on any atom is -0.301 e. The molecule has 1 aliphatic heterocycles. The Morgan fingerprint density at radius 3 is 2.35 bits per heavy atom. The molecule has 2 rings (SSSR count). The molecular weight excluding hydrogens is 258 g/mol. The van der Waals surface area contributed by atoms with Gasteiger partial charge in [-0.2, -0.15) is 0 Å². The van der Waals surface area contributed by atoms with Crippen LogP contribution in [0.25, 0.3) is 0 Å². The Bertz CT molecular complexity index is 267. The number of halogens is 2. The number of alkyl halides is 2. The van der Waals surface area contributed by atoms with Gasteiger partial charge in [-0.3, -0.25) is 0 Å². The summed E-state index contributed by atoms with van der Waals surface area (Å²) in [6.45, 7) is 4.28. The third kappa shape index (κ3) is 4.66. The maximum atomic E-state index is 13.5. The van der Waals surface area contributed by atoms with Crippen LogP contribution in [0.3, 0.4) is 0 Å². The molecule has 2 N–H and O–H groups in total. The first-order valence-corrected chi connectivity index (χ1v) is 8.45. The van der Waals surface area contributed by atoms with Gasteiger partial charge in [0.2, 0.25) is 0 Å². The highest BCUT2D eigenvalue weighted by molar-refractivity contribution is 4.88. The zero-order valence-electron chi connectivity index (χ0n) is 12.7. The Morgan fingerprint density at radius 2 is 1.70 bits per heavy atom. The lowest BCUT2D eigenvalue weighted by atomic mass is 9.83. The van der Waals surface area contributed by atoms with Crippen molar-refractivity contribution in [1.82, 2.24) is 10.6 Å². The molecule has 0 amide bonds. The predicted molar refractivity (Wildman–Crippen MR) is 79.2 cm³/mol. The molecule has 0 aromatic heterocycles. The van der Waals surface area contributed by atoms with Crippen LogP contribution in [0.1, 0.15) is 58.3 Å². The molecule has 0 spiro atoms. The summed E-state index contributed by atoms with van der Waals surface area (Å²) in [5.74, 6) is 0.944. The van der Waals surface area contributed by atoms with Gasteiger partial charge in [0.1, 0.15) is 12.3 Å². The van der Waals surface area contributed by atoms with Gasteiger partial charge in [-0.25, -0.2) is 8.78 Å². The van der Waals surface area contributed by atoms with E-state index >= 15 is 0 Å². The average Bonchev–Trinajstić information content (AvgIpc) is 2.47. The van der Waals surface area contributed by atoms with Gasteiger partial charge < -0.3 is 10.6 Å². The normalized spacial score (nSPS) is 38.9. The lowest BCUT2D eigenvalue weighted by molar-refractivity contribution is 0.0631. The summed E-state index contributed by atoms with van der Waals surface area (Å²) >= 11 is 0. The molecule has 118 valence electrons. The van der Waals surface area contributed by atoms with E-state index in [0.29, 0.717) is 18.8 Å². The molecule has 0 aromatic rings. The summed E-state index contributed by atoms with van der Waals surface area (Å²) in [6, 6.07) is 0. The molecule has 1 aliphatic carbocycles. The lowest BCUT2D eigenvalue weighted by Gasteiger charge is -2.39. The van der Waals surface area contributed by atoms with Crippen LogP contribution in [0.2, 0.25) is 0 Å². The van der Waals surface area contributed by atoms with Crippen molar-refractivity contribution in [2.45, 2.75) is 76.8 Å². The van der Waals surface area contributed by atoms with Crippen molar-refractivity contribution in [1.29, 1.82) is 0 Å². The molecule has 0 radical (unpaired) electrons. The van der Waals surface area contributed by atoms with Crippen LogP contribution >= 0.6 is 0 Å². The maximum absolute atomic E-state index is 13.5. The van der Waals surface area contributed by atoms with Gasteiger partial charge in [0.15, 0.2) is 0 Å². The Balaban J connectivity index is 1.64. The molecule has 1 saturated carbocycles. The van der Waals surface area contributed by atoms with E-state index in [1.54, 1.807) is 0 Å². The van der Waals surface area contributed by atoms with E-state index in [0.717, 1.165) is 19.5 Å². The van der Waals surface area contributed by atoms with Crippen LogP contribution in [0.5, 0.6) is 0 Å². The monoisotopic (exact) mass is 288 g/mol. The summed E-state index contributed by atoms with van der Waals surface area (Å²) in [7, 11) is 0. The molecule has 3 atom stereocenters. The number of hydrogen-bond donors (Lipinski definition) is 2. The summed E-state index contributed by atoms with van der Waals surface area (Å²) in [5, 5.41) is 7.03. The molecule has 2 nitrogen and oxygen atoms in total. The van der Waals surface area contributed by atoms with Crippen molar-refractivity contribution in [3.63, 3.8) is 0 Å². The number of rotatable bonds is 6. The minimum atomic E-state index is -1.26. The van der Waals surface area contributed by atoms with Gasteiger partial charge in [0.25, 0.3) is 0 Å². The van der Waals surface area contributed by atoms with Crippen molar-refractivity contribution in [2.24, 2.45) is 11.8 Å². The second-order valence-electron chi connectivity index (χ2n) is 6.61. The van der Waals surface area contributed by atoms with Gasteiger partial charge in [0, 0.05) is 13.1 Å². The van der Waals surface area contributed by atoms with Gasteiger partial charge in [-0.1, -0.05) is 32.6 Å². The standard InChI is InChI=1S/C16H30F2N2/c1-2-3-4-5-6-12-10-19-16(20-11-12)13-7-8-14(17)15(18)9-13/h12-16,19-20H,2-11H2,1H3. The van der Waals surface area contributed by atoms with Crippen LogP contribution in [-0.2, 0) is 0 Å². The first-order valence-electron chi connectivity index (χ1n) is 8.45. The zero-order valence-corrected chi connectivity index (χ0v) is 12.7. The Labute approximate surface area is 122 Å². The molecule has 1 saturated heterocycles. The summed E-state index contributed by atoms with van der Waals surface area (Å²) in [6.07, 6.45) is 5.78. The highest BCUT2D eigenvalue weighted by Crippen LogP contribution is 2.31. The molecule has 2 fully saturated rings. The zero-order chi connectivity index (χ0) is 14.4. The van der Waals surface area contributed by atoms with Crippen molar-refractivity contribution in [3.05, 3.63) is 0 Å². The fourth-order valence-corrected chi connectivity index (χ4v) is 3.54. The van der Waals surface area contributed by atoms with Crippen molar-refractivity contribution in [2.75, 3.05) is 13.1 Å². The highest BCUT2D eigenvalue weighted by Gasteiger charge is 2.35. The molecule has 0 bridgehead atoms. The van der Waals surface area contributed by atoms with Gasteiger partial charge in [0.05, 0.1) is 6.17 Å². The third-order valence-corrected chi connectivity index (χ3v) is 4.92. The highest BCUT2D eigenvalue weighted by atomic mass is 19.2. The topological polar surface area (TPSA) is 24.1 Å². The third-order valence-electron chi connectivity index (χ3n) is 4.92. The fraction of sp³-hybridized carbons (Fsp3) is 1.00. The largest absolute Gasteiger partial charge is 0.301 e. The van der Waals surface area contributed by atoms with Gasteiger partial charge in [-0.15, -0.1) is 0 Å². The quantitative estimate of drug-likeness (QED) is 0.730. The maximum Gasteiger partial charge on any atom is 0.132 e. The summed E-state index contributed by atoms with van der Waals surface area (Å²) in [4.78, 5) is 0. The van der Waals surface area contributed by atoms with Crippen molar-refractivity contribution in [3.8, 4) is 0 Å². The van der Waals surface area contributed by atoms with E-state index < -0.39 is 12.3 Å². The van der Waals surface area contributed by atoms with E-state index in [-0.39, 0.29) is 12.1 Å². The Kier molecular flexibility index (Phi) is 6.69. The first-order chi connectivity index (χ1) is 9.70. The summed E-state index contributed by atoms with van der Waals surface area (Å²) < 4.78 is 26.6. The van der Waals surface area contributed by atoms with E-state index in [2.05, 4.69) is 17.6 Å². The van der Waals surface area contributed by atoms with Gasteiger partial charge in [-0.05, 0) is 37.5 Å². The molecule has 20 heavy (non-hydrogen) atoms. The van der Waals surface area contributed by atoms with E-state index in [4.69, 9.17) is 0 Å². The Hall–Kier alpha value is -0.220. The summed E-state index contributed by atoms with van der Waals surface area (Å²) in [5.41, 5.74) is 0. The SMILES string of the molecule is CCCCCCC1CNC(C2CCC(F)C(F)C2)NC1. The molecule has 2 aliphatic rings. The number of unbranched alkanes of at least 4 members (excludes halogenated alkanes) is 3. The lowest BCUT2D eigenvalue weighted by Crippen LogP contribution is -2.57. The van der Waals surface area contributed by atoms with Crippen LogP contribution in [0, 0.1) is 11.8 Å². The average molecular weight is 288 g/mol. The van der Waals surface area contributed by atoms with E-state index in [9.17, 15) is 8.78 Å². The van der Waals surface area contributed by atoms with Crippen molar-refractivity contribution < 1.29 is 8.78 Å². The minimum absolute atomic E-state index is 0.188. The number of hydrogen-bond acceptors (Lipinski definition) is 2. The van der Waals surface area contributed by atoms with Crippen LogP contribution < -0.4 is 10.6 Å². The molecule has 0 aromatic carbocycles. The van der Waals surface area contributed by atoms with Crippen LogP contribution in [0.15, 0.2) is 0 Å². The molecule has 1 heterocycles. The molecule has 4 heteroatoms. The molecular formula is C16H30F2N2. The predicted octanol–water partition coefficient (Wildman–Crippen LogP) is 3.57. The Morgan fingerprint density at radius 1 is 0.950 bits per heavy atom. The van der Waals surface area contributed by atoms with Crippen molar-refractivity contribution >= 4 is 0 Å². The van der Waals surface area contributed by atoms with Gasteiger partial charge >= 0.3 is 0 Å². The molecule has 3 unspecified atom stereocenters. The number of nitrogens with one attached hydrogen (secondary N) is 2. The van der Waals surface area contributed by atoms with E-state index in [1.165, 1.54) is 32.1 Å². The second-order valence-corrected chi connectivity index (χ2v) is 6.61. The van der Waals surface area contributed by atoms with Crippen LogP contribution in [-0.4, -0.2) is 31.6 Å². The smallest absolute Gasteiger partial charge is 0.132 e. The second kappa shape index (κ2) is 8.28. The van der Waals surface area contributed by atoms with Crippen LogP contribution in [0.4, 0.5) is 8.78 Å².